The zero-order chi connectivity index (χ0) is 11.5. The molecule has 4 nitrogen and oxygen atoms in total. The van der Waals surface area contributed by atoms with Gasteiger partial charge in [0.05, 0.1) is 11.4 Å². The van der Waals surface area contributed by atoms with Crippen LogP contribution in [-0.2, 0) is 10.2 Å². The fraction of sp³-hybridized carbons (Fsp3) is 0.364. The zero-order valence-corrected chi connectivity index (χ0v) is 9.06. The molecule has 1 N–H and O–H groups in total. The first kappa shape index (κ1) is 11.4. The predicted molar refractivity (Wildman–Crippen MR) is 57.4 cm³/mol. The Morgan fingerprint density at radius 1 is 1.33 bits per heavy atom. The van der Waals surface area contributed by atoms with Crippen molar-refractivity contribution in [2.75, 3.05) is 0 Å². The first-order chi connectivity index (χ1) is 6.91. The Labute approximate surface area is 88.7 Å². The summed E-state index contributed by atoms with van der Waals surface area (Å²) >= 11 is 0. The van der Waals surface area contributed by atoms with Crippen LogP contribution in [-0.4, -0.2) is 21.0 Å². The van der Waals surface area contributed by atoms with E-state index >= 15 is 0 Å². The highest BCUT2D eigenvalue weighted by Gasteiger charge is 2.18. The van der Waals surface area contributed by atoms with E-state index in [1.807, 2.05) is 20.8 Å². The summed E-state index contributed by atoms with van der Waals surface area (Å²) in [5.41, 5.74) is 1.25. The van der Waals surface area contributed by atoms with E-state index in [-0.39, 0.29) is 5.41 Å². The minimum Gasteiger partial charge on any atom is -0.478 e. The molecule has 80 valence electrons. The van der Waals surface area contributed by atoms with Crippen LogP contribution in [0.1, 0.15) is 32.2 Å². The number of hydrogen-bond donors (Lipinski definition) is 1. The van der Waals surface area contributed by atoms with E-state index in [1.165, 1.54) is 6.08 Å². The van der Waals surface area contributed by atoms with E-state index in [9.17, 15) is 4.79 Å². The smallest absolute Gasteiger partial charge is 0.328 e. The lowest BCUT2D eigenvalue weighted by Crippen LogP contribution is -2.16. The van der Waals surface area contributed by atoms with Crippen LogP contribution in [0.3, 0.4) is 0 Å². The maximum Gasteiger partial charge on any atom is 0.328 e. The molecule has 0 aliphatic heterocycles. The van der Waals surface area contributed by atoms with Crippen LogP contribution in [0.4, 0.5) is 0 Å². The topological polar surface area (TPSA) is 63.1 Å². The summed E-state index contributed by atoms with van der Waals surface area (Å²) in [5, 5.41) is 8.53. The third kappa shape index (κ3) is 3.16. The van der Waals surface area contributed by atoms with Crippen molar-refractivity contribution in [3.8, 4) is 0 Å². The Bertz CT molecular complexity index is 392. The van der Waals surface area contributed by atoms with Crippen molar-refractivity contribution >= 4 is 12.0 Å². The number of hydrogen-bond acceptors (Lipinski definition) is 3. The molecule has 1 aromatic rings. The lowest BCUT2D eigenvalue weighted by molar-refractivity contribution is -0.131. The molecule has 15 heavy (non-hydrogen) atoms. The van der Waals surface area contributed by atoms with Gasteiger partial charge in [-0.25, -0.2) is 4.79 Å². The second kappa shape index (κ2) is 4.21. The van der Waals surface area contributed by atoms with E-state index in [0.717, 1.165) is 11.8 Å². The number of carbonyl (C=O) groups is 1. The fourth-order valence-electron chi connectivity index (χ4n) is 1.20. The van der Waals surface area contributed by atoms with Gasteiger partial charge in [0.1, 0.15) is 0 Å². The van der Waals surface area contributed by atoms with Crippen molar-refractivity contribution in [2.45, 2.75) is 26.2 Å². The third-order valence-electron chi connectivity index (χ3n) is 1.82. The second-order valence-electron chi connectivity index (χ2n) is 4.21. The molecule has 0 fully saturated rings. The number of nitrogens with zero attached hydrogens (tertiary/aromatic N) is 2. The van der Waals surface area contributed by atoms with Gasteiger partial charge in [-0.2, -0.15) is 0 Å². The minimum absolute atomic E-state index is 0.146. The number of carboxylic acids is 1. The average Bonchev–Trinajstić information content (AvgIpc) is 2.13. The quantitative estimate of drug-likeness (QED) is 0.750. The molecule has 1 rings (SSSR count). The zero-order valence-electron chi connectivity index (χ0n) is 9.06. The number of aromatic nitrogens is 2. The summed E-state index contributed by atoms with van der Waals surface area (Å²) in [4.78, 5) is 18.7. The molecule has 0 aliphatic rings. The summed E-state index contributed by atoms with van der Waals surface area (Å²) < 4.78 is 0. The summed E-state index contributed by atoms with van der Waals surface area (Å²) in [6, 6.07) is 0. The molecular weight excluding hydrogens is 192 g/mol. The van der Waals surface area contributed by atoms with E-state index in [2.05, 4.69) is 9.97 Å². The van der Waals surface area contributed by atoms with Gasteiger partial charge in [-0.3, -0.25) is 9.97 Å². The molecule has 0 aromatic carbocycles. The predicted octanol–water partition coefficient (Wildman–Crippen LogP) is 1.87. The van der Waals surface area contributed by atoms with Crippen molar-refractivity contribution in [3.05, 3.63) is 29.9 Å². The van der Waals surface area contributed by atoms with Crippen LogP contribution in [0.5, 0.6) is 0 Å². The molecule has 0 spiro atoms. The highest BCUT2D eigenvalue weighted by atomic mass is 16.4. The van der Waals surface area contributed by atoms with Gasteiger partial charge >= 0.3 is 5.97 Å². The van der Waals surface area contributed by atoms with Gasteiger partial charge in [-0.15, -0.1) is 0 Å². The van der Waals surface area contributed by atoms with Crippen molar-refractivity contribution in [3.63, 3.8) is 0 Å². The summed E-state index contributed by atoms with van der Waals surface area (Å²) in [7, 11) is 0. The van der Waals surface area contributed by atoms with Gasteiger partial charge in [0.15, 0.2) is 0 Å². The van der Waals surface area contributed by atoms with E-state index < -0.39 is 5.97 Å². The Morgan fingerprint density at radius 2 is 1.93 bits per heavy atom. The van der Waals surface area contributed by atoms with Crippen LogP contribution >= 0.6 is 0 Å². The van der Waals surface area contributed by atoms with Crippen LogP contribution in [0.15, 0.2) is 18.5 Å². The Balaban J connectivity index is 3.13. The van der Waals surface area contributed by atoms with Gasteiger partial charge < -0.3 is 5.11 Å². The monoisotopic (exact) mass is 206 g/mol. The molecule has 0 bridgehead atoms. The normalized spacial score (nSPS) is 11.9. The van der Waals surface area contributed by atoms with Gasteiger partial charge in [0.25, 0.3) is 0 Å². The van der Waals surface area contributed by atoms with E-state index in [0.29, 0.717) is 5.69 Å². The summed E-state index contributed by atoms with van der Waals surface area (Å²) in [5.74, 6) is -0.986. The van der Waals surface area contributed by atoms with Crippen molar-refractivity contribution in [2.24, 2.45) is 0 Å². The molecular formula is C11H14N2O2. The highest BCUT2D eigenvalue weighted by molar-refractivity contribution is 5.85. The molecule has 0 aliphatic carbocycles. The first-order valence-electron chi connectivity index (χ1n) is 4.64. The van der Waals surface area contributed by atoms with Crippen LogP contribution in [0.2, 0.25) is 0 Å². The summed E-state index contributed by atoms with van der Waals surface area (Å²) in [6.07, 6.45) is 5.70. The molecule has 1 heterocycles. The lowest BCUT2D eigenvalue weighted by Gasteiger charge is -2.18. The standard InChI is InChI=1S/C11H14N2O2/c1-11(2,3)10-8(4-5-9(14)15)12-6-7-13-10/h4-7H,1-3H3,(H,14,15)/b5-4+. The fourth-order valence-corrected chi connectivity index (χ4v) is 1.20. The maximum absolute atomic E-state index is 10.4. The maximum atomic E-state index is 10.4. The van der Waals surface area contributed by atoms with E-state index in [4.69, 9.17) is 5.11 Å². The second-order valence-corrected chi connectivity index (χ2v) is 4.21. The Hall–Kier alpha value is -1.71. The van der Waals surface area contributed by atoms with Gasteiger partial charge in [-0.1, -0.05) is 20.8 Å². The Kier molecular flexibility index (Phi) is 3.19. The SMILES string of the molecule is CC(C)(C)c1nccnc1/C=C/C(=O)O. The van der Waals surface area contributed by atoms with Crippen LogP contribution in [0, 0.1) is 0 Å². The van der Waals surface area contributed by atoms with Crippen molar-refractivity contribution in [1.29, 1.82) is 0 Å². The lowest BCUT2D eigenvalue weighted by atomic mass is 9.90. The number of aliphatic carboxylic acids is 1. The molecule has 1 aromatic heterocycles. The van der Waals surface area contributed by atoms with Crippen molar-refractivity contribution < 1.29 is 9.90 Å². The van der Waals surface area contributed by atoms with E-state index in [1.54, 1.807) is 12.4 Å². The van der Waals surface area contributed by atoms with Gasteiger partial charge in [0.2, 0.25) is 0 Å². The molecule has 0 saturated carbocycles. The van der Waals surface area contributed by atoms with Gasteiger partial charge in [-0.05, 0) is 6.08 Å². The van der Waals surface area contributed by atoms with Crippen LogP contribution < -0.4 is 0 Å². The molecule has 0 amide bonds. The third-order valence-corrected chi connectivity index (χ3v) is 1.82. The molecule has 0 atom stereocenters. The van der Waals surface area contributed by atoms with Crippen LogP contribution in [0.25, 0.3) is 6.08 Å². The van der Waals surface area contributed by atoms with Gasteiger partial charge in [0, 0.05) is 23.9 Å². The molecule has 0 unspecified atom stereocenters. The largest absolute Gasteiger partial charge is 0.478 e. The molecule has 0 radical (unpaired) electrons. The number of carboxylic acid groups (broad SMARTS) is 1. The molecule has 0 saturated heterocycles. The number of rotatable bonds is 2. The first-order valence-corrected chi connectivity index (χ1v) is 4.64. The minimum atomic E-state index is -0.986. The van der Waals surface area contributed by atoms with Crippen molar-refractivity contribution in [1.82, 2.24) is 9.97 Å². The summed E-state index contributed by atoms with van der Waals surface area (Å²) in [6.45, 7) is 6.03. The molecule has 4 heteroatoms. The average molecular weight is 206 g/mol. The highest BCUT2D eigenvalue weighted by Crippen LogP contribution is 2.22. The Morgan fingerprint density at radius 3 is 2.47 bits per heavy atom.